The number of hydrogen-bond acceptors (Lipinski definition) is 2. The molecule has 0 fully saturated rings. The fourth-order valence-electron chi connectivity index (χ4n) is 2.65. The Labute approximate surface area is 128 Å². The van der Waals surface area contributed by atoms with Crippen LogP contribution in [0, 0.1) is 6.92 Å². The lowest BCUT2D eigenvalue weighted by Crippen LogP contribution is -2.13. The second-order valence-electron chi connectivity index (χ2n) is 5.12. The number of nitrogens with two attached hydrogens (primary N) is 1. The number of fused-ring (bicyclic) bond motifs is 1. The molecule has 1 aliphatic heterocycles. The third kappa shape index (κ3) is 2.51. The van der Waals surface area contributed by atoms with Gasteiger partial charge >= 0.3 is 0 Å². The molecule has 0 amide bonds. The van der Waals surface area contributed by atoms with Gasteiger partial charge in [-0.2, -0.15) is 0 Å². The molecule has 0 saturated carbocycles. The Kier molecular flexibility index (Phi) is 3.63. The SMILES string of the molecule is Cc1cc(Cl)cc(C(N)c2cc(Cl)cc3c2OCC3)c1. The maximum Gasteiger partial charge on any atom is 0.127 e. The number of aryl methyl sites for hydroxylation is 1. The average Bonchev–Trinajstić information content (AvgIpc) is 2.83. The van der Waals surface area contributed by atoms with E-state index < -0.39 is 0 Å². The molecule has 0 aliphatic carbocycles. The van der Waals surface area contributed by atoms with Crippen LogP contribution in [0.3, 0.4) is 0 Å². The quantitative estimate of drug-likeness (QED) is 0.898. The summed E-state index contributed by atoms with van der Waals surface area (Å²) in [5.74, 6) is 0.875. The van der Waals surface area contributed by atoms with Crippen LogP contribution in [-0.4, -0.2) is 6.61 Å². The molecule has 3 rings (SSSR count). The molecular formula is C16H15Cl2NO. The van der Waals surface area contributed by atoms with E-state index in [2.05, 4.69) is 0 Å². The van der Waals surface area contributed by atoms with Gasteiger partial charge in [0.05, 0.1) is 12.6 Å². The number of hydrogen-bond donors (Lipinski definition) is 1. The Bertz CT molecular complexity index is 650. The number of benzene rings is 2. The summed E-state index contributed by atoms with van der Waals surface area (Å²) in [5.41, 5.74) is 10.5. The van der Waals surface area contributed by atoms with Crippen LogP contribution in [0.4, 0.5) is 0 Å². The van der Waals surface area contributed by atoms with Crippen LogP contribution in [0.1, 0.15) is 28.3 Å². The van der Waals surface area contributed by atoms with Crippen LogP contribution in [0.25, 0.3) is 0 Å². The minimum atomic E-state index is -0.294. The maximum absolute atomic E-state index is 6.40. The van der Waals surface area contributed by atoms with Gasteiger partial charge in [0.2, 0.25) is 0 Å². The molecule has 0 aromatic heterocycles. The summed E-state index contributed by atoms with van der Waals surface area (Å²) < 4.78 is 5.72. The summed E-state index contributed by atoms with van der Waals surface area (Å²) in [6.07, 6.45) is 0.879. The van der Waals surface area contributed by atoms with Crippen molar-refractivity contribution in [1.82, 2.24) is 0 Å². The van der Waals surface area contributed by atoms with Gasteiger partial charge in [0, 0.05) is 22.0 Å². The molecule has 0 saturated heterocycles. The summed E-state index contributed by atoms with van der Waals surface area (Å²) in [5, 5.41) is 1.38. The van der Waals surface area contributed by atoms with E-state index in [1.165, 1.54) is 0 Å². The van der Waals surface area contributed by atoms with Crippen LogP contribution < -0.4 is 10.5 Å². The van der Waals surface area contributed by atoms with Crippen LogP contribution in [-0.2, 0) is 6.42 Å². The molecule has 4 heteroatoms. The number of rotatable bonds is 2. The molecule has 1 aliphatic rings. The first-order valence-electron chi connectivity index (χ1n) is 6.52. The zero-order chi connectivity index (χ0) is 14.3. The van der Waals surface area contributed by atoms with E-state index in [1.54, 1.807) is 0 Å². The average molecular weight is 308 g/mol. The van der Waals surface area contributed by atoms with E-state index in [0.29, 0.717) is 16.7 Å². The topological polar surface area (TPSA) is 35.2 Å². The summed E-state index contributed by atoms with van der Waals surface area (Å²) in [7, 11) is 0. The summed E-state index contributed by atoms with van der Waals surface area (Å²) in [4.78, 5) is 0. The Morgan fingerprint density at radius 2 is 1.85 bits per heavy atom. The van der Waals surface area contributed by atoms with Gasteiger partial charge in [0.15, 0.2) is 0 Å². The highest BCUT2D eigenvalue weighted by atomic mass is 35.5. The normalized spacial score (nSPS) is 14.8. The highest BCUT2D eigenvalue weighted by molar-refractivity contribution is 6.31. The monoisotopic (exact) mass is 307 g/mol. The first kappa shape index (κ1) is 13.7. The minimum absolute atomic E-state index is 0.294. The lowest BCUT2D eigenvalue weighted by Gasteiger charge is -2.17. The van der Waals surface area contributed by atoms with E-state index in [9.17, 15) is 0 Å². The molecule has 2 aromatic carbocycles. The predicted molar refractivity (Wildman–Crippen MR) is 82.9 cm³/mol. The molecule has 1 unspecified atom stereocenters. The predicted octanol–water partition coefficient (Wildman–Crippen LogP) is 4.28. The lowest BCUT2D eigenvalue weighted by atomic mass is 9.95. The van der Waals surface area contributed by atoms with Crippen LogP contribution in [0.2, 0.25) is 10.0 Å². The number of ether oxygens (including phenoxy) is 1. The first-order chi connectivity index (χ1) is 9.54. The van der Waals surface area contributed by atoms with Gasteiger partial charge in [0.25, 0.3) is 0 Å². The highest BCUT2D eigenvalue weighted by Crippen LogP contribution is 2.38. The van der Waals surface area contributed by atoms with Gasteiger partial charge in [-0.05, 0) is 47.9 Å². The van der Waals surface area contributed by atoms with Crippen LogP contribution >= 0.6 is 23.2 Å². The smallest absolute Gasteiger partial charge is 0.127 e. The van der Waals surface area contributed by atoms with E-state index in [0.717, 1.165) is 34.4 Å². The Hall–Kier alpha value is -1.22. The zero-order valence-electron chi connectivity index (χ0n) is 11.1. The van der Waals surface area contributed by atoms with Gasteiger partial charge in [-0.15, -0.1) is 0 Å². The third-order valence-corrected chi connectivity index (χ3v) is 3.97. The Morgan fingerprint density at radius 1 is 1.10 bits per heavy atom. The molecule has 2 aromatic rings. The van der Waals surface area contributed by atoms with Crippen molar-refractivity contribution in [3.63, 3.8) is 0 Å². The van der Waals surface area contributed by atoms with Gasteiger partial charge < -0.3 is 10.5 Å². The molecule has 1 atom stereocenters. The maximum atomic E-state index is 6.40. The van der Waals surface area contributed by atoms with Crippen molar-refractivity contribution < 1.29 is 4.74 Å². The van der Waals surface area contributed by atoms with Crippen molar-refractivity contribution in [2.75, 3.05) is 6.61 Å². The zero-order valence-corrected chi connectivity index (χ0v) is 12.6. The first-order valence-corrected chi connectivity index (χ1v) is 7.28. The summed E-state index contributed by atoms with van der Waals surface area (Å²) in [6.45, 7) is 2.69. The second kappa shape index (κ2) is 5.28. The molecular weight excluding hydrogens is 293 g/mol. The van der Waals surface area contributed by atoms with Crippen molar-refractivity contribution in [2.45, 2.75) is 19.4 Å². The van der Waals surface area contributed by atoms with Crippen LogP contribution in [0.5, 0.6) is 5.75 Å². The van der Waals surface area contributed by atoms with Gasteiger partial charge in [0.1, 0.15) is 5.75 Å². The molecule has 2 N–H and O–H groups in total. The molecule has 104 valence electrons. The van der Waals surface area contributed by atoms with Crippen molar-refractivity contribution >= 4 is 23.2 Å². The molecule has 0 radical (unpaired) electrons. The third-order valence-electron chi connectivity index (χ3n) is 3.54. The van der Waals surface area contributed by atoms with Gasteiger partial charge in [-0.1, -0.05) is 29.3 Å². The fourth-order valence-corrected chi connectivity index (χ4v) is 3.20. The van der Waals surface area contributed by atoms with Gasteiger partial charge in [-0.3, -0.25) is 0 Å². The number of halogens is 2. The molecule has 0 spiro atoms. The van der Waals surface area contributed by atoms with E-state index >= 15 is 0 Å². The summed E-state index contributed by atoms with van der Waals surface area (Å²) in [6, 6.07) is 9.38. The van der Waals surface area contributed by atoms with Crippen molar-refractivity contribution in [3.05, 3.63) is 62.6 Å². The molecule has 1 heterocycles. The van der Waals surface area contributed by atoms with Gasteiger partial charge in [-0.25, -0.2) is 0 Å². The standard InChI is InChI=1S/C16H15Cl2NO/c1-9-4-11(7-12(17)5-9)15(19)14-8-13(18)6-10-2-3-20-16(10)14/h4-8,15H,2-3,19H2,1H3. The minimum Gasteiger partial charge on any atom is -0.493 e. The molecule has 2 nitrogen and oxygen atoms in total. The van der Waals surface area contributed by atoms with E-state index in [4.69, 9.17) is 33.7 Å². The van der Waals surface area contributed by atoms with Crippen LogP contribution in [0.15, 0.2) is 30.3 Å². The largest absolute Gasteiger partial charge is 0.493 e. The summed E-state index contributed by atoms with van der Waals surface area (Å²) >= 11 is 12.3. The highest BCUT2D eigenvalue weighted by Gasteiger charge is 2.22. The van der Waals surface area contributed by atoms with Crippen molar-refractivity contribution in [2.24, 2.45) is 5.73 Å². The molecule has 20 heavy (non-hydrogen) atoms. The second-order valence-corrected chi connectivity index (χ2v) is 5.99. The Balaban J connectivity index is 2.08. The molecule has 0 bridgehead atoms. The fraction of sp³-hybridized carbons (Fsp3) is 0.250. The Morgan fingerprint density at radius 3 is 2.60 bits per heavy atom. The van der Waals surface area contributed by atoms with E-state index in [-0.39, 0.29) is 6.04 Å². The van der Waals surface area contributed by atoms with Crippen molar-refractivity contribution in [3.8, 4) is 5.75 Å². The van der Waals surface area contributed by atoms with Crippen molar-refractivity contribution in [1.29, 1.82) is 0 Å². The van der Waals surface area contributed by atoms with E-state index in [1.807, 2.05) is 37.3 Å². The lowest BCUT2D eigenvalue weighted by molar-refractivity contribution is 0.352.